The van der Waals surface area contributed by atoms with Crippen molar-refractivity contribution in [2.75, 3.05) is 18.1 Å². The first-order valence-electron chi connectivity index (χ1n) is 12.2. The van der Waals surface area contributed by atoms with Crippen molar-refractivity contribution in [3.05, 3.63) is 64.4 Å². The summed E-state index contributed by atoms with van der Waals surface area (Å²) in [5.74, 6) is -2.56. The number of fused-ring (bicyclic) bond motifs is 1. The molecule has 0 aliphatic carbocycles. The lowest BCUT2D eigenvalue weighted by Gasteiger charge is -2.15. The molecule has 2 aliphatic heterocycles. The van der Waals surface area contributed by atoms with Gasteiger partial charge >= 0.3 is 24.2 Å². The summed E-state index contributed by atoms with van der Waals surface area (Å²) < 4.78 is 61.2. The van der Waals surface area contributed by atoms with Crippen LogP contribution in [0.15, 0.2) is 53.3 Å². The SMILES string of the molecule is CC1(C)OC(=O)C(CC(=O)OC[C@@H]2CN(c3ccc4cc(-c5ccccc5C(F)(F)F)[nH]c(=O)c4c3)C(=O)O2)O1. The molecule has 2 fully saturated rings. The molecular formula is C27H23F3N2O8. The van der Waals surface area contributed by atoms with Gasteiger partial charge in [-0.2, -0.15) is 13.2 Å². The summed E-state index contributed by atoms with van der Waals surface area (Å²) in [6.07, 6.45) is -7.63. The van der Waals surface area contributed by atoms with Gasteiger partial charge in [-0.1, -0.05) is 24.3 Å². The quantitative estimate of drug-likeness (QED) is 0.352. The van der Waals surface area contributed by atoms with Crippen molar-refractivity contribution >= 4 is 34.5 Å². The number of pyridine rings is 1. The second-order valence-electron chi connectivity index (χ2n) is 9.76. The lowest BCUT2D eigenvalue weighted by molar-refractivity contribution is -0.161. The van der Waals surface area contributed by atoms with E-state index in [-0.39, 0.29) is 36.2 Å². The van der Waals surface area contributed by atoms with E-state index in [4.69, 9.17) is 18.9 Å². The van der Waals surface area contributed by atoms with Gasteiger partial charge in [-0.15, -0.1) is 0 Å². The molecule has 3 heterocycles. The summed E-state index contributed by atoms with van der Waals surface area (Å²) in [5.41, 5.74) is -1.38. The Hall–Kier alpha value is -4.39. The molecule has 1 N–H and O–H groups in total. The number of ether oxygens (including phenoxy) is 4. The number of hydrogen-bond acceptors (Lipinski definition) is 8. The van der Waals surface area contributed by atoms with Crippen LogP contribution in [0.3, 0.4) is 0 Å². The number of carbonyl (C=O) groups excluding carboxylic acids is 3. The molecule has 0 bridgehead atoms. The highest BCUT2D eigenvalue weighted by molar-refractivity contribution is 5.95. The third-order valence-electron chi connectivity index (χ3n) is 6.36. The van der Waals surface area contributed by atoms with E-state index in [2.05, 4.69) is 4.98 Å². The second-order valence-corrected chi connectivity index (χ2v) is 9.76. The van der Waals surface area contributed by atoms with E-state index in [1.54, 1.807) is 0 Å². The molecule has 0 spiro atoms. The van der Waals surface area contributed by atoms with Crippen LogP contribution >= 0.6 is 0 Å². The highest BCUT2D eigenvalue weighted by atomic mass is 19.4. The average molecular weight is 560 g/mol. The number of carbonyl (C=O) groups is 3. The van der Waals surface area contributed by atoms with Crippen LogP contribution < -0.4 is 10.5 Å². The molecule has 40 heavy (non-hydrogen) atoms. The number of hydrogen-bond donors (Lipinski definition) is 1. The molecule has 2 aliphatic rings. The zero-order chi connectivity index (χ0) is 28.8. The zero-order valence-corrected chi connectivity index (χ0v) is 21.2. The standard InChI is InChI=1S/C27H23F3N2O8/c1-26(2)39-21(24(35)40-26)11-22(33)37-13-16-12-32(25(36)38-16)15-8-7-14-9-20(31-23(34)18(14)10-15)17-5-3-4-6-19(17)27(28,29)30/h3-10,16,21H,11-13H2,1-2H3,(H,31,34)/t16-,21?/m0/s1. The van der Waals surface area contributed by atoms with Gasteiger partial charge in [0.05, 0.1) is 18.5 Å². The fourth-order valence-corrected chi connectivity index (χ4v) is 4.59. The molecular weight excluding hydrogens is 537 g/mol. The molecule has 2 saturated heterocycles. The van der Waals surface area contributed by atoms with Crippen LogP contribution in [-0.2, 0) is 34.7 Å². The first-order valence-corrected chi connectivity index (χ1v) is 12.2. The van der Waals surface area contributed by atoms with E-state index in [1.165, 1.54) is 61.2 Å². The Balaban J connectivity index is 1.28. The molecule has 10 nitrogen and oxygen atoms in total. The van der Waals surface area contributed by atoms with Gasteiger partial charge in [0.15, 0.2) is 12.2 Å². The third-order valence-corrected chi connectivity index (χ3v) is 6.36. The molecule has 13 heteroatoms. The Bertz CT molecular complexity index is 1570. The largest absolute Gasteiger partial charge is 0.462 e. The number of nitrogens with zero attached hydrogens (tertiary/aromatic N) is 1. The van der Waals surface area contributed by atoms with E-state index >= 15 is 0 Å². The Kier molecular flexibility index (Phi) is 6.78. The maximum Gasteiger partial charge on any atom is 0.417 e. The topological polar surface area (TPSA) is 124 Å². The van der Waals surface area contributed by atoms with Crippen LogP contribution in [-0.4, -0.2) is 54.2 Å². The summed E-state index contributed by atoms with van der Waals surface area (Å²) in [4.78, 5) is 53.1. The molecule has 1 aromatic heterocycles. The first kappa shape index (κ1) is 27.2. The summed E-state index contributed by atoms with van der Waals surface area (Å²) in [7, 11) is 0. The number of halogens is 3. The summed E-state index contributed by atoms with van der Waals surface area (Å²) >= 11 is 0. The summed E-state index contributed by atoms with van der Waals surface area (Å²) in [6.45, 7) is 2.80. The maximum atomic E-state index is 13.5. The normalized spacial score (nSPS) is 20.5. The highest BCUT2D eigenvalue weighted by Crippen LogP contribution is 2.37. The van der Waals surface area contributed by atoms with Crippen LogP contribution in [0, 0.1) is 0 Å². The van der Waals surface area contributed by atoms with Crippen LogP contribution in [0.1, 0.15) is 25.8 Å². The number of aromatic nitrogens is 1. The highest BCUT2D eigenvalue weighted by Gasteiger charge is 2.42. The first-order chi connectivity index (χ1) is 18.8. The Morgan fingerprint density at radius 2 is 1.88 bits per heavy atom. The monoisotopic (exact) mass is 560 g/mol. The van der Waals surface area contributed by atoms with Crippen molar-refractivity contribution < 1.29 is 46.5 Å². The van der Waals surface area contributed by atoms with Gasteiger partial charge in [0.2, 0.25) is 5.79 Å². The van der Waals surface area contributed by atoms with Gasteiger partial charge in [0.1, 0.15) is 6.61 Å². The van der Waals surface area contributed by atoms with E-state index in [1.807, 2.05) is 0 Å². The van der Waals surface area contributed by atoms with Crippen LogP contribution in [0.5, 0.6) is 0 Å². The van der Waals surface area contributed by atoms with Crippen molar-refractivity contribution in [1.82, 2.24) is 4.98 Å². The molecule has 2 aromatic carbocycles. The fraction of sp³-hybridized carbons (Fsp3) is 0.333. The molecule has 3 aromatic rings. The molecule has 210 valence electrons. The van der Waals surface area contributed by atoms with Crippen LogP contribution in [0.2, 0.25) is 0 Å². The Labute approximate surface area is 224 Å². The number of rotatable bonds is 6. The number of H-pyrrole nitrogens is 1. The number of amides is 1. The third kappa shape index (κ3) is 5.50. The number of benzene rings is 2. The minimum absolute atomic E-state index is 0.000432. The molecule has 5 rings (SSSR count). The minimum Gasteiger partial charge on any atom is -0.462 e. The van der Waals surface area contributed by atoms with Crippen molar-refractivity contribution in [3.63, 3.8) is 0 Å². The van der Waals surface area contributed by atoms with Gasteiger partial charge in [-0.25, -0.2) is 9.59 Å². The molecule has 0 saturated carbocycles. The second kappa shape index (κ2) is 9.97. The van der Waals surface area contributed by atoms with Gasteiger partial charge < -0.3 is 23.9 Å². The Morgan fingerprint density at radius 1 is 1.12 bits per heavy atom. The van der Waals surface area contributed by atoms with Crippen molar-refractivity contribution in [1.29, 1.82) is 0 Å². The molecule has 1 amide bonds. The number of cyclic esters (lactones) is 2. The van der Waals surface area contributed by atoms with E-state index in [0.29, 0.717) is 11.1 Å². The van der Waals surface area contributed by atoms with E-state index in [9.17, 15) is 32.3 Å². The predicted octanol–water partition coefficient (Wildman–Crippen LogP) is 4.15. The number of nitrogens with one attached hydrogen (secondary N) is 1. The van der Waals surface area contributed by atoms with Gasteiger partial charge in [-0.3, -0.25) is 14.5 Å². The van der Waals surface area contributed by atoms with E-state index < -0.39 is 53.3 Å². The minimum atomic E-state index is -4.61. The lowest BCUT2D eigenvalue weighted by atomic mass is 10.0. The van der Waals surface area contributed by atoms with Gasteiger partial charge in [0, 0.05) is 36.2 Å². The number of esters is 2. The molecule has 1 unspecified atom stereocenters. The number of aromatic amines is 1. The Morgan fingerprint density at radius 3 is 2.58 bits per heavy atom. The number of alkyl halides is 3. The summed E-state index contributed by atoms with van der Waals surface area (Å²) in [6, 6.07) is 10.8. The van der Waals surface area contributed by atoms with Gasteiger partial charge in [0.25, 0.3) is 5.56 Å². The zero-order valence-electron chi connectivity index (χ0n) is 21.2. The average Bonchev–Trinajstić information content (AvgIpc) is 3.38. The predicted molar refractivity (Wildman–Crippen MR) is 133 cm³/mol. The maximum absolute atomic E-state index is 13.5. The van der Waals surface area contributed by atoms with Gasteiger partial charge in [-0.05, 0) is 29.7 Å². The van der Waals surface area contributed by atoms with E-state index in [0.717, 1.165) is 6.07 Å². The smallest absolute Gasteiger partial charge is 0.417 e. The van der Waals surface area contributed by atoms with Crippen molar-refractivity contribution in [2.45, 2.75) is 44.4 Å². The molecule has 0 radical (unpaired) electrons. The van der Waals surface area contributed by atoms with Crippen LogP contribution in [0.25, 0.3) is 22.0 Å². The number of anilines is 1. The molecule has 2 atom stereocenters. The lowest BCUT2D eigenvalue weighted by Crippen LogP contribution is -2.28. The van der Waals surface area contributed by atoms with Crippen molar-refractivity contribution in [3.8, 4) is 11.3 Å². The van der Waals surface area contributed by atoms with Crippen molar-refractivity contribution in [2.24, 2.45) is 0 Å². The fourth-order valence-electron chi connectivity index (χ4n) is 4.59. The summed E-state index contributed by atoms with van der Waals surface area (Å²) in [5, 5.41) is 0.521. The van der Waals surface area contributed by atoms with Crippen LogP contribution in [0.4, 0.5) is 23.7 Å².